The van der Waals surface area contributed by atoms with E-state index in [-0.39, 0.29) is 18.4 Å². The first-order chi connectivity index (χ1) is 11.0. The molecule has 2 aliphatic rings. The van der Waals surface area contributed by atoms with Gasteiger partial charge in [0.25, 0.3) is 5.91 Å². The van der Waals surface area contributed by atoms with Crippen LogP contribution in [-0.2, 0) is 7.05 Å². The Balaban J connectivity index is 1.70. The average Bonchev–Trinajstić information content (AvgIpc) is 3.24. The number of aryl methyl sites for hydroxylation is 1. The fraction of sp³-hybridized carbons (Fsp3) is 0.722. The molecule has 1 N–H and O–H groups in total. The van der Waals surface area contributed by atoms with E-state index < -0.39 is 0 Å². The molecule has 0 bridgehead atoms. The van der Waals surface area contributed by atoms with Gasteiger partial charge in [0.15, 0.2) is 0 Å². The lowest BCUT2D eigenvalue weighted by Crippen LogP contribution is -2.32. The van der Waals surface area contributed by atoms with Crippen molar-refractivity contribution in [3.8, 4) is 0 Å². The Hall–Kier alpha value is -1.33. The van der Waals surface area contributed by atoms with E-state index in [0.717, 1.165) is 30.0 Å². The molecule has 5 heteroatoms. The van der Waals surface area contributed by atoms with Gasteiger partial charge in [-0.2, -0.15) is 0 Å². The number of amides is 1. The van der Waals surface area contributed by atoms with Crippen molar-refractivity contribution in [3.63, 3.8) is 0 Å². The van der Waals surface area contributed by atoms with E-state index >= 15 is 0 Å². The van der Waals surface area contributed by atoms with Gasteiger partial charge in [-0.1, -0.05) is 0 Å². The second-order valence-corrected chi connectivity index (χ2v) is 7.26. The Morgan fingerprint density at radius 2 is 1.87 bits per heavy atom. The largest absolute Gasteiger partial charge is 0.396 e. The molecule has 2 aliphatic heterocycles. The smallest absolute Gasteiger partial charge is 0.255 e. The van der Waals surface area contributed by atoms with Crippen molar-refractivity contribution in [1.82, 2.24) is 14.4 Å². The molecule has 128 valence electrons. The van der Waals surface area contributed by atoms with Gasteiger partial charge in [0.2, 0.25) is 0 Å². The van der Waals surface area contributed by atoms with Gasteiger partial charge in [0.1, 0.15) is 0 Å². The third-order valence-corrected chi connectivity index (χ3v) is 5.80. The van der Waals surface area contributed by atoms with Gasteiger partial charge in [-0.25, -0.2) is 0 Å². The highest BCUT2D eigenvalue weighted by molar-refractivity contribution is 5.96. The summed E-state index contributed by atoms with van der Waals surface area (Å²) in [4.78, 5) is 17.3. The van der Waals surface area contributed by atoms with Crippen LogP contribution in [-0.4, -0.2) is 64.7 Å². The summed E-state index contributed by atoms with van der Waals surface area (Å²) in [6, 6.07) is 1.99. The van der Waals surface area contributed by atoms with Crippen LogP contribution in [0.15, 0.2) is 6.07 Å². The lowest BCUT2D eigenvalue weighted by atomic mass is 9.96. The summed E-state index contributed by atoms with van der Waals surface area (Å²) in [7, 11) is 2.00. The molecule has 0 saturated carbocycles. The van der Waals surface area contributed by atoms with Gasteiger partial charge in [0, 0.05) is 50.6 Å². The summed E-state index contributed by atoms with van der Waals surface area (Å²) in [6.45, 7) is 9.01. The summed E-state index contributed by atoms with van der Waals surface area (Å²) in [5.41, 5.74) is 2.94. The van der Waals surface area contributed by atoms with Crippen molar-refractivity contribution in [3.05, 3.63) is 23.0 Å². The Morgan fingerprint density at radius 3 is 2.43 bits per heavy atom. The maximum absolute atomic E-state index is 12.9. The quantitative estimate of drug-likeness (QED) is 0.913. The van der Waals surface area contributed by atoms with E-state index in [1.807, 2.05) is 31.9 Å². The molecule has 3 heterocycles. The Morgan fingerprint density at radius 1 is 1.22 bits per heavy atom. The molecule has 23 heavy (non-hydrogen) atoms. The molecule has 0 spiro atoms. The summed E-state index contributed by atoms with van der Waals surface area (Å²) in [6.07, 6.45) is 2.56. The fourth-order valence-electron chi connectivity index (χ4n) is 4.06. The van der Waals surface area contributed by atoms with Crippen molar-refractivity contribution < 1.29 is 9.90 Å². The molecule has 0 unspecified atom stereocenters. The molecule has 3 rings (SSSR count). The van der Waals surface area contributed by atoms with Crippen LogP contribution in [0, 0.1) is 25.7 Å². The average molecular weight is 319 g/mol. The number of aromatic nitrogens is 1. The van der Waals surface area contributed by atoms with E-state index in [4.69, 9.17) is 0 Å². The van der Waals surface area contributed by atoms with E-state index in [0.29, 0.717) is 12.5 Å². The molecular formula is C18H29N3O2. The normalized spacial score (nSPS) is 25.5. The third-order valence-electron chi connectivity index (χ3n) is 5.80. The first-order valence-corrected chi connectivity index (χ1v) is 8.76. The van der Waals surface area contributed by atoms with Crippen LogP contribution in [0.3, 0.4) is 0 Å². The SMILES string of the molecule is Cc1cc(C(=O)N2C[C@@H](CN3CCCC3)[C@@H](CO)C2)c(C)n1C. The third kappa shape index (κ3) is 3.17. The first-order valence-electron chi connectivity index (χ1n) is 8.76. The summed E-state index contributed by atoms with van der Waals surface area (Å²) < 4.78 is 2.06. The van der Waals surface area contributed by atoms with Crippen LogP contribution in [0.2, 0.25) is 0 Å². The number of hydrogen-bond acceptors (Lipinski definition) is 3. The fourth-order valence-corrected chi connectivity index (χ4v) is 4.06. The first kappa shape index (κ1) is 16.5. The maximum Gasteiger partial charge on any atom is 0.255 e. The molecule has 2 saturated heterocycles. The lowest BCUT2D eigenvalue weighted by molar-refractivity contribution is 0.0778. The van der Waals surface area contributed by atoms with Gasteiger partial charge < -0.3 is 19.5 Å². The minimum atomic E-state index is 0.119. The van der Waals surface area contributed by atoms with Gasteiger partial charge in [0.05, 0.1) is 5.56 Å². The highest BCUT2D eigenvalue weighted by Gasteiger charge is 2.37. The molecule has 1 amide bonds. The number of hydrogen-bond donors (Lipinski definition) is 1. The summed E-state index contributed by atoms with van der Waals surface area (Å²) in [5, 5.41) is 9.72. The van der Waals surface area contributed by atoms with Crippen molar-refractivity contribution in [2.24, 2.45) is 18.9 Å². The topological polar surface area (TPSA) is 48.7 Å². The number of rotatable bonds is 4. The Bertz CT molecular complexity index is 575. The van der Waals surface area contributed by atoms with Crippen molar-refractivity contribution in [2.45, 2.75) is 26.7 Å². The van der Waals surface area contributed by atoms with Crippen LogP contribution in [0.4, 0.5) is 0 Å². The molecule has 2 atom stereocenters. The van der Waals surface area contributed by atoms with Crippen LogP contribution in [0.1, 0.15) is 34.6 Å². The molecule has 0 radical (unpaired) electrons. The lowest BCUT2D eigenvalue weighted by Gasteiger charge is -2.22. The second-order valence-electron chi connectivity index (χ2n) is 7.26. The molecule has 0 aliphatic carbocycles. The van der Waals surface area contributed by atoms with Gasteiger partial charge in [-0.05, 0) is 51.8 Å². The van der Waals surface area contributed by atoms with Gasteiger partial charge in [-0.15, -0.1) is 0 Å². The predicted molar refractivity (Wildman–Crippen MR) is 90.5 cm³/mol. The highest BCUT2D eigenvalue weighted by atomic mass is 16.3. The molecule has 2 fully saturated rings. The Kier molecular flexibility index (Phi) is 4.78. The van der Waals surface area contributed by atoms with Gasteiger partial charge in [-0.3, -0.25) is 4.79 Å². The molecule has 1 aromatic rings. The van der Waals surface area contributed by atoms with Crippen LogP contribution in [0.5, 0.6) is 0 Å². The minimum Gasteiger partial charge on any atom is -0.396 e. The van der Waals surface area contributed by atoms with Gasteiger partial charge >= 0.3 is 0 Å². The van der Waals surface area contributed by atoms with Crippen LogP contribution < -0.4 is 0 Å². The number of aliphatic hydroxyl groups excluding tert-OH is 1. The number of likely N-dealkylation sites (tertiary alicyclic amines) is 2. The summed E-state index contributed by atoms with van der Waals surface area (Å²) >= 11 is 0. The van der Waals surface area contributed by atoms with E-state index in [1.54, 1.807) is 0 Å². The number of carbonyl (C=O) groups excluding carboxylic acids is 1. The summed E-state index contributed by atoms with van der Waals surface area (Å²) in [5.74, 6) is 0.727. The number of aliphatic hydroxyl groups is 1. The zero-order valence-corrected chi connectivity index (χ0v) is 14.6. The highest BCUT2D eigenvalue weighted by Crippen LogP contribution is 2.27. The molecule has 5 nitrogen and oxygen atoms in total. The van der Waals surface area contributed by atoms with E-state index in [9.17, 15) is 9.90 Å². The number of nitrogens with zero attached hydrogens (tertiary/aromatic N) is 3. The minimum absolute atomic E-state index is 0.119. The molecular weight excluding hydrogens is 290 g/mol. The zero-order chi connectivity index (χ0) is 16.6. The molecule has 0 aromatic carbocycles. The predicted octanol–water partition coefficient (Wildman–Crippen LogP) is 1.42. The second kappa shape index (κ2) is 6.65. The van der Waals surface area contributed by atoms with Crippen molar-refractivity contribution in [2.75, 3.05) is 39.3 Å². The zero-order valence-electron chi connectivity index (χ0n) is 14.6. The number of carbonyl (C=O) groups is 1. The van der Waals surface area contributed by atoms with Crippen molar-refractivity contribution in [1.29, 1.82) is 0 Å². The standard InChI is InChI=1S/C18H29N3O2/c1-13-8-17(14(2)19(13)3)18(23)21-10-15(16(11-21)12-22)9-20-6-4-5-7-20/h8,15-16,22H,4-7,9-12H2,1-3H3/t15-,16-/m1/s1. The molecule has 1 aromatic heterocycles. The van der Waals surface area contributed by atoms with E-state index in [2.05, 4.69) is 9.47 Å². The van der Waals surface area contributed by atoms with Crippen LogP contribution in [0.25, 0.3) is 0 Å². The monoisotopic (exact) mass is 319 g/mol. The van der Waals surface area contributed by atoms with Crippen molar-refractivity contribution >= 4 is 5.91 Å². The van der Waals surface area contributed by atoms with E-state index in [1.165, 1.54) is 25.9 Å². The Labute approximate surface area is 138 Å². The maximum atomic E-state index is 12.9. The van der Waals surface area contributed by atoms with Crippen LogP contribution >= 0.6 is 0 Å².